The second-order valence-corrected chi connectivity index (χ2v) is 7.34. The summed E-state index contributed by atoms with van der Waals surface area (Å²) in [6.45, 7) is 3.19. The summed E-state index contributed by atoms with van der Waals surface area (Å²) in [6, 6.07) is 16.6. The van der Waals surface area contributed by atoms with E-state index in [0.717, 1.165) is 49.6 Å². The maximum Gasteiger partial charge on any atom is 0.123 e. The zero-order valence-electron chi connectivity index (χ0n) is 16.1. The van der Waals surface area contributed by atoms with Crippen LogP contribution in [0.4, 0.5) is 0 Å². The Hall–Kier alpha value is -2.37. The lowest BCUT2D eigenvalue weighted by Crippen LogP contribution is -2.19. The molecule has 0 aliphatic carbocycles. The van der Waals surface area contributed by atoms with E-state index >= 15 is 0 Å². The molecule has 5 nitrogen and oxygen atoms in total. The molecule has 27 heavy (non-hydrogen) atoms. The molecule has 1 fully saturated rings. The molecule has 1 saturated heterocycles. The van der Waals surface area contributed by atoms with Crippen molar-refractivity contribution < 1.29 is 9.47 Å². The summed E-state index contributed by atoms with van der Waals surface area (Å²) in [5.74, 6) is 1.99. The standard InChI is InChI=1S/C22H27N3O2/c1-24(15-22-23-20-7-3-4-8-21(20)25(22)2)14-17-9-11-18(12-10-17)27-16-19-6-5-13-26-19/h3-4,7-12,19H,5-6,13-16H2,1-2H3. The predicted octanol–water partition coefficient (Wildman–Crippen LogP) is 3.76. The highest BCUT2D eigenvalue weighted by Gasteiger charge is 2.16. The Morgan fingerprint density at radius 2 is 1.96 bits per heavy atom. The largest absolute Gasteiger partial charge is 0.491 e. The Balaban J connectivity index is 1.33. The van der Waals surface area contributed by atoms with Gasteiger partial charge in [0.2, 0.25) is 0 Å². The SMILES string of the molecule is CN(Cc1ccc(OCC2CCCO2)cc1)Cc1nc2ccccc2n1C. The molecule has 142 valence electrons. The van der Waals surface area contributed by atoms with E-state index in [1.54, 1.807) is 0 Å². The summed E-state index contributed by atoms with van der Waals surface area (Å²) >= 11 is 0. The van der Waals surface area contributed by atoms with Gasteiger partial charge in [0.15, 0.2) is 0 Å². The van der Waals surface area contributed by atoms with Crippen molar-refractivity contribution in [3.63, 3.8) is 0 Å². The third-order valence-electron chi connectivity index (χ3n) is 5.13. The highest BCUT2D eigenvalue weighted by molar-refractivity contribution is 5.75. The van der Waals surface area contributed by atoms with E-state index in [4.69, 9.17) is 14.5 Å². The summed E-state index contributed by atoms with van der Waals surface area (Å²) in [4.78, 5) is 7.04. The quantitative estimate of drug-likeness (QED) is 0.639. The molecule has 2 heterocycles. The van der Waals surface area contributed by atoms with Gasteiger partial charge >= 0.3 is 0 Å². The zero-order chi connectivity index (χ0) is 18.6. The van der Waals surface area contributed by atoms with Crippen molar-refractivity contribution >= 4 is 11.0 Å². The van der Waals surface area contributed by atoms with Crippen molar-refractivity contribution in [2.24, 2.45) is 7.05 Å². The third kappa shape index (κ3) is 4.31. The van der Waals surface area contributed by atoms with E-state index < -0.39 is 0 Å². The van der Waals surface area contributed by atoms with Gasteiger partial charge in [-0.25, -0.2) is 4.98 Å². The van der Waals surface area contributed by atoms with Gasteiger partial charge in [0.05, 0.1) is 23.7 Å². The first kappa shape index (κ1) is 18.0. The summed E-state index contributed by atoms with van der Waals surface area (Å²) < 4.78 is 13.6. The van der Waals surface area contributed by atoms with E-state index in [2.05, 4.69) is 53.9 Å². The number of rotatable bonds is 7. The average Bonchev–Trinajstić information content (AvgIpc) is 3.30. The maximum atomic E-state index is 5.84. The van der Waals surface area contributed by atoms with E-state index in [0.29, 0.717) is 6.61 Å². The number of nitrogens with zero attached hydrogens (tertiary/aromatic N) is 3. The van der Waals surface area contributed by atoms with E-state index in [1.165, 1.54) is 11.1 Å². The van der Waals surface area contributed by atoms with Crippen LogP contribution in [0.15, 0.2) is 48.5 Å². The van der Waals surface area contributed by atoms with E-state index in [-0.39, 0.29) is 6.10 Å². The number of benzene rings is 2. The average molecular weight is 365 g/mol. The molecule has 3 aromatic rings. The number of imidazole rings is 1. The molecule has 0 spiro atoms. The van der Waals surface area contributed by atoms with Crippen LogP contribution in [0, 0.1) is 0 Å². The highest BCUT2D eigenvalue weighted by Crippen LogP contribution is 2.19. The molecular weight excluding hydrogens is 338 g/mol. The summed E-state index contributed by atoms with van der Waals surface area (Å²) in [7, 11) is 4.21. The van der Waals surface area contributed by atoms with Crippen LogP contribution in [-0.4, -0.2) is 40.8 Å². The molecule has 1 aliphatic rings. The normalized spacial score (nSPS) is 17.1. The first-order valence-corrected chi connectivity index (χ1v) is 9.61. The zero-order valence-corrected chi connectivity index (χ0v) is 16.1. The van der Waals surface area contributed by atoms with Crippen LogP contribution in [0.2, 0.25) is 0 Å². The smallest absolute Gasteiger partial charge is 0.123 e. The fraction of sp³-hybridized carbons (Fsp3) is 0.409. The monoisotopic (exact) mass is 365 g/mol. The van der Waals surface area contributed by atoms with Crippen LogP contribution in [0.25, 0.3) is 11.0 Å². The van der Waals surface area contributed by atoms with Crippen LogP contribution in [0.3, 0.4) is 0 Å². The fourth-order valence-electron chi connectivity index (χ4n) is 3.60. The fourth-order valence-corrected chi connectivity index (χ4v) is 3.60. The van der Waals surface area contributed by atoms with Crippen molar-refractivity contribution in [3.8, 4) is 5.75 Å². The van der Waals surface area contributed by atoms with Crippen LogP contribution < -0.4 is 4.74 Å². The molecule has 0 bridgehead atoms. The molecule has 0 N–H and O–H groups in total. The number of fused-ring (bicyclic) bond motifs is 1. The minimum Gasteiger partial charge on any atom is -0.491 e. The Labute approximate surface area is 160 Å². The van der Waals surface area contributed by atoms with Crippen LogP contribution in [0.1, 0.15) is 24.2 Å². The highest BCUT2D eigenvalue weighted by atomic mass is 16.5. The van der Waals surface area contributed by atoms with Gasteiger partial charge in [-0.2, -0.15) is 0 Å². The van der Waals surface area contributed by atoms with Gasteiger partial charge in [-0.3, -0.25) is 4.90 Å². The summed E-state index contributed by atoms with van der Waals surface area (Å²) in [6.07, 6.45) is 2.50. The van der Waals surface area contributed by atoms with Gasteiger partial charge in [0.1, 0.15) is 18.2 Å². The van der Waals surface area contributed by atoms with Crippen LogP contribution in [-0.2, 0) is 24.9 Å². The number of hydrogen-bond acceptors (Lipinski definition) is 4. The first-order valence-electron chi connectivity index (χ1n) is 9.61. The molecule has 0 amide bonds. The topological polar surface area (TPSA) is 39.5 Å². The predicted molar refractivity (Wildman–Crippen MR) is 107 cm³/mol. The molecule has 5 heteroatoms. The number of para-hydroxylation sites is 2. The summed E-state index contributed by atoms with van der Waals surface area (Å²) in [5.41, 5.74) is 3.49. The lowest BCUT2D eigenvalue weighted by Gasteiger charge is -2.17. The van der Waals surface area contributed by atoms with Gasteiger partial charge in [-0.15, -0.1) is 0 Å². The number of ether oxygens (including phenoxy) is 2. The van der Waals surface area contributed by atoms with Crippen LogP contribution >= 0.6 is 0 Å². The van der Waals surface area contributed by atoms with Gasteiger partial charge in [0, 0.05) is 20.2 Å². The number of aromatic nitrogens is 2. The van der Waals surface area contributed by atoms with Crippen LogP contribution in [0.5, 0.6) is 5.75 Å². The van der Waals surface area contributed by atoms with Gasteiger partial charge in [-0.05, 0) is 49.7 Å². The maximum absolute atomic E-state index is 5.84. The molecule has 1 aliphatic heterocycles. The van der Waals surface area contributed by atoms with Crippen molar-refractivity contribution in [1.82, 2.24) is 14.5 Å². The Morgan fingerprint density at radius 1 is 1.15 bits per heavy atom. The van der Waals surface area contributed by atoms with Crippen molar-refractivity contribution in [1.29, 1.82) is 0 Å². The lowest BCUT2D eigenvalue weighted by molar-refractivity contribution is 0.0679. The second-order valence-electron chi connectivity index (χ2n) is 7.34. The number of hydrogen-bond donors (Lipinski definition) is 0. The molecule has 2 aromatic carbocycles. The number of aryl methyl sites for hydroxylation is 1. The van der Waals surface area contributed by atoms with E-state index in [1.807, 2.05) is 18.2 Å². The Bertz CT molecular complexity index is 882. The molecule has 0 radical (unpaired) electrons. The van der Waals surface area contributed by atoms with E-state index in [9.17, 15) is 0 Å². The summed E-state index contributed by atoms with van der Waals surface area (Å²) in [5, 5.41) is 0. The minimum absolute atomic E-state index is 0.254. The Kier molecular flexibility index (Phi) is 5.41. The molecule has 0 saturated carbocycles. The minimum atomic E-state index is 0.254. The van der Waals surface area contributed by atoms with Gasteiger partial charge in [0.25, 0.3) is 0 Å². The molecular formula is C22H27N3O2. The lowest BCUT2D eigenvalue weighted by atomic mass is 10.2. The first-order chi connectivity index (χ1) is 13.2. The van der Waals surface area contributed by atoms with Crippen molar-refractivity contribution in [3.05, 3.63) is 59.9 Å². The molecule has 1 unspecified atom stereocenters. The second kappa shape index (κ2) is 8.11. The molecule has 4 rings (SSSR count). The van der Waals surface area contributed by atoms with Crippen molar-refractivity contribution in [2.45, 2.75) is 32.0 Å². The van der Waals surface area contributed by atoms with Crippen molar-refractivity contribution in [2.75, 3.05) is 20.3 Å². The molecule has 1 atom stereocenters. The molecule has 1 aromatic heterocycles. The Morgan fingerprint density at radius 3 is 2.70 bits per heavy atom. The van der Waals surface area contributed by atoms with Gasteiger partial charge in [-0.1, -0.05) is 24.3 Å². The van der Waals surface area contributed by atoms with Gasteiger partial charge < -0.3 is 14.0 Å². The third-order valence-corrected chi connectivity index (χ3v) is 5.13.